The molecule has 154 valence electrons. The lowest BCUT2D eigenvalue weighted by atomic mass is 10.2. The zero-order chi connectivity index (χ0) is 20.8. The van der Waals surface area contributed by atoms with Crippen LogP contribution < -0.4 is 10.1 Å². The van der Waals surface area contributed by atoms with Crippen LogP contribution in [0, 0.1) is 13.8 Å². The van der Waals surface area contributed by atoms with Crippen LogP contribution >= 0.6 is 34.7 Å². The first-order valence-electron chi connectivity index (χ1n) is 8.92. The monoisotopic (exact) mass is 452 g/mol. The molecular weight excluding hydrogens is 432 g/mol. The van der Waals surface area contributed by atoms with E-state index in [1.165, 1.54) is 23.1 Å². The summed E-state index contributed by atoms with van der Waals surface area (Å²) in [6.07, 6.45) is 1.53. The summed E-state index contributed by atoms with van der Waals surface area (Å²) in [4.78, 5) is 12.0. The molecule has 0 radical (unpaired) electrons. The van der Waals surface area contributed by atoms with E-state index in [2.05, 4.69) is 25.7 Å². The average molecular weight is 453 g/mol. The van der Waals surface area contributed by atoms with Crippen LogP contribution in [-0.4, -0.2) is 43.2 Å². The van der Waals surface area contributed by atoms with Crippen molar-refractivity contribution >= 4 is 45.7 Å². The molecule has 0 saturated carbocycles. The van der Waals surface area contributed by atoms with Crippen molar-refractivity contribution in [3.63, 3.8) is 0 Å². The standard InChI is InChI=1S/C18H21ClN6O2S2/c1-11-9-13(19)6-7-14(11)27-8-4-5-15-22-24-18(25(15)3)28-10-16(26)20-17-23-21-12(2)29-17/h6-7,9H,4-5,8,10H2,1-3H3,(H,20,23,26). The Hall–Kier alpha value is -2.17. The highest BCUT2D eigenvalue weighted by molar-refractivity contribution is 7.99. The molecule has 29 heavy (non-hydrogen) atoms. The Balaban J connectivity index is 1.43. The van der Waals surface area contributed by atoms with Crippen LogP contribution in [0.5, 0.6) is 5.75 Å². The van der Waals surface area contributed by atoms with Crippen molar-refractivity contribution < 1.29 is 9.53 Å². The molecule has 0 aliphatic heterocycles. The number of aryl methyl sites for hydroxylation is 3. The third kappa shape index (κ3) is 6.15. The highest BCUT2D eigenvalue weighted by atomic mass is 35.5. The molecule has 11 heteroatoms. The lowest BCUT2D eigenvalue weighted by Crippen LogP contribution is -2.14. The minimum Gasteiger partial charge on any atom is -0.493 e. The predicted molar refractivity (Wildman–Crippen MR) is 115 cm³/mol. The van der Waals surface area contributed by atoms with Crippen molar-refractivity contribution in [1.29, 1.82) is 0 Å². The van der Waals surface area contributed by atoms with Crippen molar-refractivity contribution in [2.75, 3.05) is 17.7 Å². The highest BCUT2D eigenvalue weighted by Crippen LogP contribution is 2.22. The number of hydrogen-bond acceptors (Lipinski definition) is 8. The molecule has 0 spiro atoms. The van der Waals surface area contributed by atoms with Gasteiger partial charge in [-0.25, -0.2) is 0 Å². The number of aromatic nitrogens is 5. The summed E-state index contributed by atoms with van der Waals surface area (Å²) in [5.41, 5.74) is 1.01. The number of rotatable bonds is 9. The van der Waals surface area contributed by atoms with E-state index >= 15 is 0 Å². The van der Waals surface area contributed by atoms with E-state index in [9.17, 15) is 4.79 Å². The summed E-state index contributed by atoms with van der Waals surface area (Å²) in [6, 6.07) is 5.58. The molecule has 0 aliphatic carbocycles. The van der Waals surface area contributed by atoms with Gasteiger partial charge < -0.3 is 9.30 Å². The summed E-state index contributed by atoms with van der Waals surface area (Å²) < 4.78 is 7.72. The predicted octanol–water partition coefficient (Wildman–Crippen LogP) is 3.68. The van der Waals surface area contributed by atoms with Crippen molar-refractivity contribution in [2.24, 2.45) is 7.05 Å². The summed E-state index contributed by atoms with van der Waals surface area (Å²) in [5, 5.41) is 21.6. The van der Waals surface area contributed by atoms with E-state index in [-0.39, 0.29) is 11.7 Å². The van der Waals surface area contributed by atoms with Crippen LogP contribution in [-0.2, 0) is 18.3 Å². The Kier molecular flexibility index (Phi) is 7.45. The zero-order valence-electron chi connectivity index (χ0n) is 16.3. The fraction of sp³-hybridized carbons (Fsp3) is 0.389. The first-order valence-corrected chi connectivity index (χ1v) is 11.1. The Bertz CT molecular complexity index is 991. The lowest BCUT2D eigenvalue weighted by molar-refractivity contribution is -0.113. The number of hydrogen-bond donors (Lipinski definition) is 1. The molecule has 3 aromatic rings. The number of nitrogens with one attached hydrogen (secondary N) is 1. The first-order chi connectivity index (χ1) is 13.9. The van der Waals surface area contributed by atoms with E-state index in [4.69, 9.17) is 16.3 Å². The maximum Gasteiger partial charge on any atom is 0.236 e. The van der Waals surface area contributed by atoms with Gasteiger partial charge in [0.05, 0.1) is 12.4 Å². The van der Waals surface area contributed by atoms with E-state index in [0.717, 1.165) is 35.0 Å². The van der Waals surface area contributed by atoms with Gasteiger partial charge in [0.2, 0.25) is 11.0 Å². The summed E-state index contributed by atoms with van der Waals surface area (Å²) in [5.74, 6) is 1.76. The number of nitrogens with zero attached hydrogens (tertiary/aromatic N) is 5. The van der Waals surface area contributed by atoms with Gasteiger partial charge in [-0.15, -0.1) is 20.4 Å². The Labute approximate surface area is 182 Å². The molecule has 0 aliphatic rings. The number of amides is 1. The normalized spacial score (nSPS) is 10.9. The van der Waals surface area contributed by atoms with E-state index in [0.29, 0.717) is 21.9 Å². The molecule has 0 unspecified atom stereocenters. The zero-order valence-corrected chi connectivity index (χ0v) is 18.7. The number of carbonyl (C=O) groups excluding carboxylic acids is 1. The third-order valence-electron chi connectivity index (χ3n) is 3.97. The quantitative estimate of drug-likeness (QED) is 0.390. The van der Waals surface area contributed by atoms with E-state index in [1.807, 2.05) is 43.7 Å². The molecule has 0 fully saturated rings. The van der Waals surface area contributed by atoms with Crippen LogP contribution in [0.1, 0.15) is 22.8 Å². The van der Waals surface area contributed by atoms with Gasteiger partial charge in [-0.05, 0) is 44.0 Å². The molecule has 0 atom stereocenters. The largest absolute Gasteiger partial charge is 0.493 e. The summed E-state index contributed by atoms with van der Waals surface area (Å²) in [6.45, 7) is 4.38. The number of benzene rings is 1. The smallest absolute Gasteiger partial charge is 0.236 e. The van der Waals surface area contributed by atoms with Gasteiger partial charge in [0.1, 0.15) is 16.6 Å². The average Bonchev–Trinajstić information content (AvgIpc) is 3.24. The second-order valence-electron chi connectivity index (χ2n) is 6.28. The lowest BCUT2D eigenvalue weighted by Gasteiger charge is -2.09. The summed E-state index contributed by atoms with van der Waals surface area (Å²) in [7, 11) is 1.90. The van der Waals surface area contributed by atoms with Crippen molar-refractivity contribution in [3.8, 4) is 5.75 Å². The van der Waals surface area contributed by atoms with Crippen molar-refractivity contribution in [3.05, 3.63) is 39.6 Å². The molecule has 1 aromatic carbocycles. The van der Waals surface area contributed by atoms with Gasteiger partial charge in [-0.1, -0.05) is 34.7 Å². The Morgan fingerprint density at radius 2 is 2.10 bits per heavy atom. The second kappa shape index (κ2) is 10.0. The summed E-state index contributed by atoms with van der Waals surface area (Å²) >= 11 is 8.63. The van der Waals surface area contributed by atoms with Gasteiger partial charge in [0, 0.05) is 18.5 Å². The van der Waals surface area contributed by atoms with Gasteiger partial charge in [0.15, 0.2) is 5.16 Å². The van der Waals surface area contributed by atoms with Gasteiger partial charge >= 0.3 is 0 Å². The SMILES string of the molecule is Cc1nnc(NC(=O)CSc2nnc(CCCOc3ccc(Cl)cc3C)n2C)s1. The van der Waals surface area contributed by atoms with E-state index in [1.54, 1.807) is 0 Å². The number of thioether (sulfide) groups is 1. The molecule has 3 rings (SSSR count). The van der Waals surface area contributed by atoms with Crippen LogP contribution in [0.15, 0.2) is 23.4 Å². The highest BCUT2D eigenvalue weighted by Gasteiger charge is 2.13. The van der Waals surface area contributed by atoms with Crippen molar-refractivity contribution in [2.45, 2.75) is 31.8 Å². The van der Waals surface area contributed by atoms with Crippen LogP contribution in [0.25, 0.3) is 0 Å². The Morgan fingerprint density at radius 1 is 1.28 bits per heavy atom. The topological polar surface area (TPSA) is 94.8 Å². The number of carbonyl (C=O) groups is 1. The first kappa shape index (κ1) is 21.5. The van der Waals surface area contributed by atoms with Crippen LogP contribution in [0.4, 0.5) is 5.13 Å². The minimum atomic E-state index is -0.151. The minimum absolute atomic E-state index is 0.151. The molecule has 2 heterocycles. The number of ether oxygens (including phenoxy) is 1. The van der Waals surface area contributed by atoms with Crippen molar-refractivity contribution in [1.82, 2.24) is 25.0 Å². The molecule has 2 aromatic heterocycles. The maximum atomic E-state index is 12.0. The number of halogens is 1. The van der Waals surface area contributed by atoms with Gasteiger partial charge in [-0.2, -0.15) is 0 Å². The maximum absolute atomic E-state index is 12.0. The fourth-order valence-corrected chi connectivity index (χ4v) is 4.07. The Morgan fingerprint density at radius 3 is 2.83 bits per heavy atom. The molecule has 0 saturated heterocycles. The number of anilines is 1. The molecular formula is C18H21ClN6O2S2. The molecule has 1 N–H and O–H groups in total. The second-order valence-corrected chi connectivity index (χ2v) is 8.84. The molecule has 1 amide bonds. The van der Waals surface area contributed by atoms with Gasteiger partial charge in [-0.3, -0.25) is 10.1 Å². The third-order valence-corrected chi connectivity index (χ3v) is 5.98. The van der Waals surface area contributed by atoms with Crippen LogP contribution in [0.3, 0.4) is 0 Å². The van der Waals surface area contributed by atoms with Gasteiger partial charge in [0.25, 0.3) is 0 Å². The van der Waals surface area contributed by atoms with E-state index < -0.39 is 0 Å². The fourth-order valence-electron chi connectivity index (χ4n) is 2.51. The molecule has 0 bridgehead atoms. The van der Waals surface area contributed by atoms with Crippen LogP contribution in [0.2, 0.25) is 5.02 Å². The molecule has 8 nitrogen and oxygen atoms in total.